The van der Waals surface area contributed by atoms with Crippen LogP contribution >= 0.6 is 0 Å². The number of hydrogen-bond acceptors (Lipinski definition) is 1. The van der Waals surface area contributed by atoms with Crippen molar-refractivity contribution in [1.82, 2.24) is 0 Å². The Morgan fingerprint density at radius 2 is 2.00 bits per heavy atom. The lowest BCUT2D eigenvalue weighted by molar-refractivity contribution is 0.0327. The van der Waals surface area contributed by atoms with Crippen molar-refractivity contribution in [2.24, 2.45) is 23.7 Å². The fourth-order valence-electron chi connectivity index (χ4n) is 3.36. The Balaban J connectivity index is 2.04. The molecule has 0 aromatic heterocycles. The minimum absolute atomic E-state index is 0.479. The summed E-state index contributed by atoms with van der Waals surface area (Å²) in [6, 6.07) is 0. The molecule has 64 valence electrons. The van der Waals surface area contributed by atoms with E-state index in [-0.39, 0.29) is 0 Å². The van der Waals surface area contributed by atoms with Crippen LogP contribution in [0.2, 0.25) is 0 Å². The van der Waals surface area contributed by atoms with Gasteiger partial charge in [-0.2, -0.15) is 0 Å². The lowest BCUT2D eigenvalue weighted by atomic mass is 9.78. The molecule has 2 bridgehead atoms. The summed E-state index contributed by atoms with van der Waals surface area (Å²) in [6.07, 6.45) is 10.1. The van der Waals surface area contributed by atoms with Gasteiger partial charge >= 0.3 is 0 Å². The van der Waals surface area contributed by atoms with Gasteiger partial charge in [-0.25, -0.2) is 0 Å². The summed E-state index contributed by atoms with van der Waals surface area (Å²) in [5, 5.41) is 10.1. The molecule has 3 aliphatic carbocycles. The summed E-state index contributed by atoms with van der Waals surface area (Å²) < 4.78 is 0. The summed E-state index contributed by atoms with van der Waals surface area (Å²) >= 11 is 0. The highest BCUT2D eigenvalue weighted by Crippen LogP contribution is 2.55. The maximum absolute atomic E-state index is 10.1. The van der Waals surface area contributed by atoms with Crippen LogP contribution in [0.1, 0.15) is 13.3 Å². The Hall–Kier alpha value is -0.560. The van der Waals surface area contributed by atoms with Gasteiger partial charge in [-0.1, -0.05) is 24.3 Å². The van der Waals surface area contributed by atoms with Crippen molar-refractivity contribution in [3.05, 3.63) is 24.3 Å². The van der Waals surface area contributed by atoms with Crippen molar-refractivity contribution in [3.8, 4) is 0 Å². The van der Waals surface area contributed by atoms with Crippen LogP contribution in [0.4, 0.5) is 0 Å². The molecule has 3 aliphatic rings. The molecule has 5 atom stereocenters. The number of hydrogen-bond donors (Lipinski definition) is 1. The van der Waals surface area contributed by atoms with Crippen LogP contribution in [0.5, 0.6) is 0 Å². The van der Waals surface area contributed by atoms with Gasteiger partial charge in [0.15, 0.2) is 0 Å². The molecule has 0 spiro atoms. The molecule has 0 aliphatic heterocycles. The highest BCUT2D eigenvalue weighted by atomic mass is 16.3. The average Bonchev–Trinajstić information content (AvgIpc) is 2.61. The predicted octanol–water partition coefficient (Wildman–Crippen LogP) is 1.75. The van der Waals surface area contributed by atoms with Crippen LogP contribution in [-0.4, -0.2) is 10.7 Å². The van der Waals surface area contributed by atoms with Crippen LogP contribution in [0.15, 0.2) is 24.3 Å². The second-order valence-electron chi connectivity index (χ2n) is 4.64. The minimum Gasteiger partial charge on any atom is -0.386 e. The van der Waals surface area contributed by atoms with Gasteiger partial charge in [0.25, 0.3) is 0 Å². The summed E-state index contributed by atoms with van der Waals surface area (Å²) in [7, 11) is 0. The van der Waals surface area contributed by atoms with Crippen molar-refractivity contribution in [2.45, 2.75) is 18.9 Å². The Kier molecular flexibility index (Phi) is 1.06. The van der Waals surface area contributed by atoms with Crippen LogP contribution in [0.3, 0.4) is 0 Å². The Morgan fingerprint density at radius 1 is 1.25 bits per heavy atom. The maximum Gasteiger partial charge on any atom is 0.0839 e. The molecular formula is C11H14O. The first kappa shape index (κ1) is 6.90. The van der Waals surface area contributed by atoms with Crippen molar-refractivity contribution in [1.29, 1.82) is 0 Å². The second kappa shape index (κ2) is 1.85. The highest BCUT2D eigenvalue weighted by Gasteiger charge is 2.53. The molecule has 1 fully saturated rings. The summed E-state index contributed by atoms with van der Waals surface area (Å²) in [6.45, 7) is 1.95. The van der Waals surface area contributed by atoms with E-state index in [1.807, 2.05) is 13.0 Å². The monoisotopic (exact) mass is 162 g/mol. The zero-order valence-electron chi connectivity index (χ0n) is 7.27. The minimum atomic E-state index is -0.533. The van der Waals surface area contributed by atoms with E-state index < -0.39 is 5.60 Å². The zero-order valence-corrected chi connectivity index (χ0v) is 7.27. The molecule has 0 heterocycles. The van der Waals surface area contributed by atoms with E-state index >= 15 is 0 Å². The van der Waals surface area contributed by atoms with Gasteiger partial charge in [0.05, 0.1) is 5.60 Å². The van der Waals surface area contributed by atoms with Gasteiger partial charge in [0.1, 0.15) is 0 Å². The summed E-state index contributed by atoms with van der Waals surface area (Å²) in [5.74, 6) is 2.48. The smallest absolute Gasteiger partial charge is 0.0839 e. The van der Waals surface area contributed by atoms with Gasteiger partial charge in [0.2, 0.25) is 0 Å². The molecule has 0 radical (unpaired) electrons. The molecule has 0 saturated heterocycles. The number of allylic oxidation sites excluding steroid dienone is 3. The maximum atomic E-state index is 10.1. The average molecular weight is 162 g/mol. The second-order valence-corrected chi connectivity index (χ2v) is 4.64. The van der Waals surface area contributed by atoms with E-state index in [1.165, 1.54) is 6.42 Å². The predicted molar refractivity (Wildman–Crippen MR) is 47.5 cm³/mol. The fraction of sp³-hybridized carbons (Fsp3) is 0.636. The van der Waals surface area contributed by atoms with Crippen LogP contribution in [0, 0.1) is 23.7 Å². The van der Waals surface area contributed by atoms with Crippen molar-refractivity contribution in [2.75, 3.05) is 0 Å². The van der Waals surface area contributed by atoms with Crippen molar-refractivity contribution in [3.63, 3.8) is 0 Å². The SMILES string of the molecule is C[C@]1(O)C=C[C@H]2[C@@H]1[C@H]1C=C[C@@H]2C1. The quantitative estimate of drug-likeness (QED) is 0.538. The van der Waals surface area contributed by atoms with Crippen molar-refractivity contribution >= 4 is 0 Å². The molecule has 0 aromatic carbocycles. The third-order valence-corrected chi connectivity index (χ3v) is 3.85. The highest BCUT2D eigenvalue weighted by molar-refractivity contribution is 5.28. The van der Waals surface area contributed by atoms with E-state index in [4.69, 9.17) is 0 Å². The lowest BCUT2D eigenvalue weighted by Gasteiger charge is -2.30. The summed E-state index contributed by atoms with van der Waals surface area (Å²) in [5.41, 5.74) is -0.533. The fourth-order valence-corrected chi connectivity index (χ4v) is 3.36. The molecule has 12 heavy (non-hydrogen) atoms. The first-order valence-electron chi connectivity index (χ1n) is 4.78. The van der Waals surface area contributed by atoms with Gasteiger partial charge in [-0.15, -0.1) is 0 Å². The van der Waals surface area contributed by atoms with Gasteiger partial charge in [0, 0.05) is 5.92 Å². The van der Waals surface area contributed by atoms with E-state index in [2.05, 4.69) is 18.2 Å². The lowest BCUT2D eigenvalue weighted by Crippen LogP contribution is -2.34. The summed E-state index contributed by atoms with van der Waals surface area (Å²) in [4.78, 5) is 0. The van der Waals surface area contributed by atoms with Crippen LogP contribution < -0.4 is 0 Å². The molecule has 0 unspecified atom stereocenters. The molecule has 0 amide bonds. The molecule has 1 saturated carbocycles. The van der Waals surface area contributed by atoms with Crippen LogP contribution in [0.25, 0.3) is 0 Å². The molecular weight excluding hydrogens is 148 g/mol. The van der Waals surface area contributed by atoms with Crippen molar-refractivity contribution < 1.29 is 5.11 Å². The standard InChI is InChI=1S/C11H14O/c1-11(12)5-4-9-7-2-3-8(6-7)10(9)11/h2-5,7-10,12H,6H2,1H3/t7-,8+,9-,10+,11+/m1/s1. The molecule has 3 rings (SSSR count). The van der Waals surface area contributed by atoms with Gasteiger partial charge < -0.3 is 5.11 Å². The molecule has 1 N–H and O–H groups in total. The van der Waals surface area contributed by atoms with E-state index in [0.717, 1.165) is 5.92 Å². The van der Waals surface area contributed by atoms with E-state index in [0.29, 0.717) is 17.8 Å². The number of aliphatic hydroxyl groups is 1. The number of fused-ring (bicyclic) bond motifs is 5. The first-order chi connectivity index (χ1) is 5.68. The van der Waals surface area contributed by atoms with Gasteiger partial charge in [-0.05, 0) is 31.1 Å². The third kappa shape index (κ3) is 0.639. The zero-order chi connectivity index (χ0) is 8.34. The molecule has 1 nitrogen and oxygen atoms in total. The molecule has 0 aromatic rings. The first-order valence-corrected chi connectivity index (χ1v) is 4.78. The topological polar surface area (TPSA) is 20.2 Å². The Labute approximate surface area is 72.8 Å². The normalized spacial score (nSPS) is 59.8. The Morgan fingerprint density at radius 3 is 2.75 bits per heavy atom. The molecule has 1 heteroatoms. The largest absolute Gasteiger partial charge is 0.386 e. The van der Waals surface area contributed by atoms with E-state index in [9.17, 15) is 5.11 Å². The van der Waals surface area contributed by atoms with Gasteiger partial charge in [-0.3, -0.25) is 0 Å². The third-order valence-electron chi connectivity index (χ3n) is 3.85. The Bertz CT molecular complexity index is 275. The van der Waals surface area contributed by atoms with Crippen LogP contribution in [-0.2, 0) is 0 Å². The van der Waals surface area contributed by atoms with E-state index in [1.54, 1.807) is 0 Å². The number of rotatable bonds is 0.